The van der Waals surface area contributed by atoms with Crippen LogP contribution in [0.4, 0.5) is 11.8 Å². The maximum atomic E-state index is 10.0. The number of aryl methyl sites for hydroxylation is 1. The number of aliphatic hydroxyl groups is 1. The van der Waals surface area contributed by atoms with Gasteiger partial charge in [0.05, 0.1) is 33.6 Å². The van der Waals surface area contributed by atoms with Crippen LogP contribution in [0.1, 0.15) is 58.6 Å². The summed E-state index contributed by atoms with van der Waals surface area (Å²) in [4.78, 5) is 14.6. The lowest BCUT2D eigenvalue weighted by Crippen LogP contribution is -2.35. The number of fused-ring (bicyclic) bond motifs is 2. The molecule has 0 spiro atoms. The number of aliphatic hydroxyl groups excluding tert-OH is 1. The Balaban J connectivity index is 1.47. The molecule has 194 valence electrons. The molecule has 3 aromatic rings. The Morgan fingerprint density at radius 2 is 1.89 bits per heavy atom. The van der Waals surface area contributed by atoms with Gasteiger partial charge in [0.25, 0.3) is 0 Å². The number of nitrogens with zero attached hydrogens (tertiary/aromatic N) is 3. The van der Waals surface area contributed by atoms with Gasteiger partial charge in [-0.05, 0) is 45.7 Å². The Morgan fingerprint density at radius 1 is 1.08 bits per heavy atom. The van der Waals surface area contributed by atoms with Crippen LogP contribution >= 0.6 is 11.3 Å². The number of hydrogen-bond donors (Lipinski definition) is 3. The third-order valence-electron chi connectivity index (χ3n) is 7.05. The van der Waals surface area contributed by atoms with Crippen LogP contribution < -0.4 is 10.6 Å². The van der Waals surface area contributed by atoms with Gasteiger partial charge in [-0.3, -0.25) is 0 Å². The number of thiazole rings is 1. The lowest BCUT2D eigenvalue weighted by Gasteiger charge is -2.25. The van der Waals surface area contributed by atoms with Crippen molar-refractivity contribution < 1.29 is 14.6 Å². The Morgan fingerprint density at radius 3 is 2.67 bits per heavy atom. The molecule has 0 bridgehead atoms. The summed E-state index contributed by atoms with van der Waals surface area (Å²) in [5, 5.41) is 18.0. The van der Waals surface area contributed by atoms with E-state index < -0.39 is 5.79 Å². The van der Waals surface area contributed by atoms with Gasteiger partial charge < -0.3 is 25.2 Å². The molecule has 1 aliphatic carbocycles. The van der Waals surface area contributed by atoms with Crippen LogP contribution in [0.2, 0.25) is 0 Å². The van der Waals surface area contributed by atoms with E-state index in [4.69, 9.17) is 24.4 Å². The molecular formula is C27H37N5O3S. The summed E-state index contributed by atoms with van der Waals surface area (Å²) < 4.78 is 13.6. The van der Waals surface area contributed by atoms with Gasteiger partial charge in [-0.2, -0.15) is 4.98 Å². The van der Waals surface area contributed by atoms with E-state index in [1.54, 1.807) is 11.3 Å². The van der Waals surface area contributed by atoms with Crippen molar-refractivity contribution in [2.75, 3.05) is 23.8 Å². The SMILES string of the molecule is CCCCCCNc1nc(C)c(-c2nc3ccccc3s2)c(N[C@@H]2C[C@H](CO)[C@H]3OC(C)(C)O[C@H]32)n1. The summed E-state index contributed by atoms with van der Waals surface area (Å²) in [6.45, 7) is 9.00. The van der Waals surface area contributed by atoms with E-state index in [2.05, 4.69) is 23.6 Å². The molecule has 3 heterocycles. The van der Waals surface area contributed by atoms with Gasteiger partial charge in [0.15, 0.2) is 5.79 Å². The summed E-state index contributed by atoms with van der Waals surface area (Å²) in [5.41, 5.74) is 2.76. The monoisotopic (exact) mass is 511 g/mol. The minimum Gasteiger partial charge on any atom is -0.396 e. The third-order valence-corrected chi connectivity index (χ3v) is 8.10. The first-order valence-electron chi connectivity index (χ1n) is 13.1. The molecule has 5 rings (SSSR count). The van der Waals surface area contributed by atoms with E-state index in [-0.39, 0.29) is 30.8 Å². The van der Waals surface area contributed by atoms with E-state index in [1.165, 1.54) is 19.3 Å². The first-order valence-corrected chi connectivity index (χ1v) is 13.9. The number of rotatable bonds is 10. The first-order chi connectivity index (χ1) is 17.4. The summed E-state index contributed by atoms with van der Waals surface area (Å²) in [6, 6.07) is 8.11. The van der Waals surface area contributed by atoms with Crippen LogP contribution in [0.5, 0.6) is 0 Å². The molecule has 1 aliphatic heterocycles. The molecule has 8 nitrogen and oxygen atoms in total. The topological polar surface area (TPSA) is 101 Å². The highest BCUT2D eigenvalue weighted by Crippen LogP contribution is 2.44. The minimum absolute atomic E-state index is 0.0132. The Bertz CT molecular complexity index is 1170. The number of anilines is 2. The molecule has 0 unspecified atom stereocenters. The molecule has 0 amide bonds. The molecule has 2 fully saturated rings. The maximum Gasteiger partial charge on any atom is 0.224 e. The Kier molecular flexibility index (Phi) is 7.44. The van der Waals surface area contributed by atoms with Gasteiger partial charge in [-0.25, -0.2) is 9.97 Å². The van der Waals surface area contributed by atoms with E-state index in [0.717, 1.165) is 51.7 Å². The second-order valence-corrected chi connectivity index (χ2v) is 11.4. The lowest BCUT2D eigenvalue weighted by molar-refractivity contribution is -0.158. The molecule has 4 atom stereocenters. The molecule has 0 radical (unpaired) electrons. The second-order valence-electron chi connectivity index (χ2n) is 10.3. The van der Waals surface area contributed by atoms with Crippen molar-refractivity contribution in [3.8, 4) is 10.6 Å². The standard InChI is InChI=1S/C27H37N5O3S/c1-5-6-7-10-13-28-26-29-16(2)21(25-31-18-11-8-9-12-20(18)36-25)24(32-26)30-19-14-17(15-33)22-23(19)35-27(3,4)34-22/h8-9,11-12,17,19,22-23,33H,5-7,10,13-15H2,1-4H3,(H2,28,29,30,32)/t17-,19-,22-,23+/m1/s1. The van der Waals surface area contributed by atoms with Gasteiger partial charge in [0, 0.05) is 19.1 Å². The van der Waals surface area contributed by atoms with Crippen LogP contribution in [0.3, 0.4) is 0 Å². The Labute approximate surface area is 216 Å². The predicted molar refractivity (Wildman–Crippen MR) is 144 cm³/mol. The highest BCUT2D eigenvalue weighted by Gasteiger charge is 2.54. The van der Waals surface area contributed by atoms with Crippen LogP contribution in [-0.4, -0.2) is 57.2 Å². The number of unbranched alkanes of at least 4 members (excludes halogenated alkanes) is 3. The average molecular weight is 512 g/mol. The van der Waals surface area contributed by atoms with E-state index >= 15 is 0 Å². The summed E-state index contributed by atoms with van der Waals surface area (Å²) >= 11 is 1.65. The minimum atomic E-state index is -0.675. The van der Waals surface area contributed by atoms with Crippen molar-refractivity contribution >= 4 is 33.3 Å². The number of ether oxygens (including phenoxy) is 2. The summed E-state index contributed by atoms with van der Waals surface area (Å²) in [6.07, 6.45) is 5.15. The fraction of sp³-hybridized carbons (Fsp3) is 0.593. The van der Waals surface area contributed by atoms with E-state index in [1.807, 2.05) is 39.0 Å². The van der Waals surface area contributed by atoms with Crippen molar-refractivity contribution in [1.29, 1.82) is 0 Å². The molecule has 2 aliphatic rings. The van der Waals surface area contributed by atoms with E-state index in [0.29, 0.717) is 5.95 Å². The molecule has 3 N–H and O–H groups in total. The fourth-order valence-corrected chi connectivity index (χ4v) is 6.39. The zero-order valence-electron chi connectivity index (χ0n) is 21.6. The maximum absolute atomic E-state index is 10.0. The molecule has 1 aromatic carbocycles. The van der Waals surface area contributed by atoms with E-state index in [9.17, 15) is 5.11 Å². The first kappa shape index (κ1) is 25.3. The van der Waals surface area contributed by atoms with Gasteiger partial charge in [0.1, 0.15) is 16.9 Å². The fourth-order valence-electron chi connectivity index (χ4n) is 5.33. The number of para-hydroxylation sites is 1. The van der Waals surface area contributed by atoms with Gasteiger partial charge in [0.2, 0.25) is 5.95 Å². The number of benzene rings is 1. The molecular weight excluding hydrogens is 474 g/mol. The van der Waals surface area contributed by atoms with Crippen molar-refractivity contribution in [2.24, 2.45) is 5.92 Å². The zero-order valence-corrected chi connectivity index (χ0v) is 22.4. The molecule has 2 aromatic heterocycles. The van der Waals surface area contributed by atoms with Crippen molar-refractivity contribution in [2.45, 2.75) is 83.8 Å². The molecule has 1 saturated heterocycles. The van der Waals surface area contributed by atoms with Crippen LogP contribution in [0, 0.1) is 12.8 Å². The van der Waals surface area contributed by atoms with Crippen molar-refractivity contribution in [3.63, 3.8) is 0 Å². The predicted octanol–water partition coefficient (Wildman–Crippen LogP) is 5.37. The van der Waals surface area contributed by atoms with Crippen molar-refractivity contribution in [3.05, 3.63) is 30.0 Å². The van der Waals surface area contributed by atoms with Crippen LogP contribution in [0.25, 0.3) is 20.8 Å². The van der Waals surface area contributed by atoms with Crippen LogP contribution in [0.15, 0.2) is 24.3 Å². The number of hydrogen-bond acceptors (Lipinski definition) is 9. The van der Waals surface area contributed by atoms with Crippen molar-refractivity contribution in [1.82, 2.24) is 15.0 Å². The highest BCUT2D eigenvalue weighted by atomic mass is 32.1. The smallest absolute Gasteiger partial charge is 0.224 e. The largest absolute Gasteiger partial charge is 0.396 e. The zero-order chi connectivity index (χ0) is 25.3. The Hall–Kier alpha value is -2.33. The van der Waals surface area contributed by atoms with Gasteiger partial charge >= 0.3 is 0 Å². The highest BCUT2D eigenvalue weighted by molar-refractivity contribution is 7.21. The molecule has 9 heteroatoms. The van der Waals surface area contributed by atoms with Gasteiger partial charge in [-0.1, -0.05) is 38.3 Å². The summed E-state index contributed by atoms with van der Waals surface area (Å²) in [5.74, 6) is 0.701. The number of nitrogens with one attached hydrogen (secondary N) is 2. The third kappa shape index (κ3) is 5.20. The lowest BCUT2D eigenvalue weighted by atomic mass is 10.1. The van der Waals surface area contributed by atoms with Crippen LogP contribution in [-0.2, 0) is 9.47 Å². The normalized spacial score (nSPS) is 24.8. The summed E-state index contributed by atoms with van der Waals surface area (Å²) in [7, 11) is 0. The van der Waals surface area contributed by atoms with Gasteiger partial charge in [-0.15, -0.1) is 11.3 Å². The average Bonchev–Trinajstić information content (AvgIpc) is 3.49. The quantitative estimate of drug-likeness (QED) is 0.313. The molecule has 36 heavy (non-hydrogen) atoms. The second kappa shape index (κ2) is 10.6. The number of aromatic nitrogens is 3. The molecule has 1 saturated carbocycles.